The average molecular weight is 485 g/mol. The van der Waals surface area contributed by atoms with Crippen LogP contribution in [0.25, 0.3) is 0 Å². The first kappa shape index (κ1) is 24.8. The van der Waals surface area contributed by atoms with Gasteiger partial charge >= 0.3 is 18.5 Å². The van der Waals surface area contributed by atoms with Crippen LogP contribution in [-0.2, 0) is 22.7 Å². The molecule has 6 nitrogen and oxygen atoms in total. The van der Waals surface area contributed by atoms with E-state index in [1.807, 2.05) is 0 Å². The number of rotatable bonds is 5. The third-order valence-electron chi connectivity index (χ3n) is 3.96. The lowest BCUT2D eigenvalue weighted by molar-refractivity contribution is -0.376. The van der Waals surface area contributed by atoms with Crippen LogP contribution in [0.3, 0.4) is 0 Å². The van der Waals surface area contributed by atoms with Crippen molar-refractivity contribution in [1.29, 1.82) is 0 Å². The molecule has 1 N–H and O–H groups in total. The van der Waals surface area contributed by atoms with Crippen LogP contribution in [0.4, 0.5) is 45.2 Å². The normalized spacial score (nSPS) is 14.0. The first-order valence-corrected chi connectivity index (χ1v) is 9.30. The Kier molecular flexibility index (Phi) is 6.06. The molecule has 0 spiro atoms. The molecule has 0 aliphatic heterocycles. The van der Waals surface area contributed by atoms with E-state index in [0.717, 1.165) is 16.9 Å². The first-order valence-electron chi connectivity index (χ1n) is 7.86. The van der Waals surface area contributed by atoms with Crippen molar-refractivity contribution in [3.05, 3.63) is 42.1 Å². The quantitative estimate of drug-likeness (QED) is 0.659. The van der Waals surface area contributed by atoms with E-state index in [9.17, 15) is 53.0 Å². The number of hydrogen-bond acceptors (Lipinski definition) is 4. The monoisotopic (exact) mass is 485 g/mol. The molecule has 0 aliphatic carbocycles. The highest BCUT2D eigenvalue weighted by molar-refractivity contribution is 7.92. The Morgan fingerprint density at radius 1 is 0.935 bits per heavy atom. The van der Waals surface area contributed by atoms with Gasteiger partial charge in [0.05, 0.1) is 5.69 Å². The van der Waals surface area contributed by atoms with Crippen LogP contribution < -0.4 is 4.31 Å². The van der Waals surface area contributed by atoms with E-state index in [2.05, 4.69) is 5.10 Å². The minimum absolute atomic E-state index is 0.0353. The summed E-state index contributed by atoms with van der Waals surface area (Å²) in [4.78, 5) is 0. The van der Waals surface area contributed by atoms with Crippen molar-refractivity contribution in [2.24, 2.45) is 7.05 Å². The third-order valence-corrected chi connectivity index (χ3v) is 5.63. The number of aryl methyl sites for hydroxylation is 1. The summed E-state index contributed by atoms with van der Waals surface area (Å²) in [5, 5.41) is 12.0. The van der Waals surface area contributed by atoms with E-state index in [4.69, 9.17) is 0 Å². The van der Waals surface area contributed by atoms with Crippen molar-refractivity contribution < 1.29 is 53.0 Å². The largest absolute Gasteiger partial charge is 0.430 e. The molecule has 174 valence electrons. The van der Waals surface area contributed by atoms with Crippen LogP contribution >= 0.6 is 0 Å². The zero-order valence-corrected chi connectivity index (χ0v) is 15.9. The molecule has 0 amide bonds. The number of aromatic nitrogens is 2. The summed E-state index contributed by atoms with van der Waals surface area (Å²) in [6.07, 6.45) is -16.5. The average Bonchev–Trinajstić information content (AvgIpc) is 3.03. The van der Waals surface area contributed by atoms with Crippen molar-refractivity contribution in [2.45, 2.75) is 29.2 Å². The number of alkyl halides is 9. The Labute approximate surface area is 168 Å². The fourth-order valence-electron chi connectivity index (χ4n) is 2.48. The second-order valence-corrected chi connectivity index (χ2v) is 8.02. The summed E-state index contributed by atoms with van der Waals surface area (Å²) in [5.74, 6) is 0. The van der Waals surface area contributed by atoms with Gasteiger partial charge in [0, 0.05) is 18.8 Å². The van der Waals surface area contributed by atoms with Gasteiger partial charge in [-0.1, -0.05) is 12.1 Å². The molecule has 0 bridgehead atoms. The van der Waals surface area contributed by atoms with Crippen molar-refractivity contribution in [2.75, 3.05) is 10.8 Å². The summed E-state index contributed by atoms with van der Waals surface area (Å²) < 4.78 is 142. The molecular weight excluding hydrogens is 473 g/mol. The maximum Gasteiger partial charge on any atom is 0.430 e. The number of hydrogen-bond donors (Lipinski definition) is 1. The number of benzene rings is 1. The van der Waals surface area contributed by atoms with E-state index in [1.165, 1.54) is 7.05 Å². The van der Waals surface area contributed by atoms with Gasteiger partial charge in [0.15, 0.2) is 5.03 Å². The molecule has 0 unspecified atom stereocenters. The molecule has 0 saturated carbocycles. The standard InChI is InChI=1S/C15H12F9N3O3S/c1-26-7-6-11(25-26)31(29,30)27(8-12(16,17)18)10-4-2-9(3-5-10)13(28,14(19,20)21)15(22,23)24/h2-7,28H,8H2,1H3. The second-order valence-electron chi connectivity index (χ2n) is 6.21. The maximum atomic E-state index is 13.0. The van der Waals surface area contributed by atoms with Gasteiger partial charge in [-0.2, -0.15) is 53.0 Å². The Balaban J connectivity index is 2.60. The zero-order valence-electron chi connectivity index (χ0n) is 15.1. The predicted octanol–water partition coefficient (Wildman–Crippen LogP) is 3.49. The summed E-state index contributed by atoms with van der Waals surface area (Å²) >= 11 is 0. The summed E-state index contributed by atoms with van der Waals surface area (Å²) in [6, 6.07) is 1.48. The lowest BCUT2D eigenvalue weighted by Gasteiger charge is -2.33. The number of halogens is 9. The molecule has 1 aromatic heterocycles. The molecule has 1 aromatic carbocycles. The van der Waals surface area contributed by atoms with Gasteiger partial charge in [0.1, 0.15) is 6.54 Å². The molecular formula is C15H12F9N3O3S. The molecule has 2 aromatic rings. The first-order chi connectivity index (χ1) is 13.8. The fraction of sp³-hybridized carbons (Fsp3) is 0.400. The number of anilines is 1. The minimum atomic E-state index is -6.22. The van der Waals surface area contributed by atoms with E-state index in [-0.39, 0.29) is 28.6 Å². The Morgan fingerprint density at radius 3 is 1.77 bits per heavy atom. The SMILES string of the molecule is Cn1ccc(S(=O)(=O)N(CC(F)(F)F)c2ccc(C(O)(C(F)(F)F)C(F)(F)F)cc2)n1. The number of sulfonamides is 1. The Morgan fingerprint density at radius 2 is 1.42 bits per heavy atom. The van der Waals surface area contributed by atoms with Crippen LogP contribution in [0, 0.1) is 0 Å². The van der Waals surface area contributed by atoms with E-state index >= 15 is 0 Å². The molecule has 0 atom stereocenters. The molecule has 0 saturated heterocycles. The Hall–Kier alpha value is -2.49. The van der Waals surface area contributed by atoms with Gasteiger partial charge in [-0.05, 0) is 18.2 Å². The zero-order chi connectivity index (χ0) is 24.0. The highest BCUT2D eigenvalue weighted by Gasteiger charge is 2.71. The van der Waals surface area contributed by atoms with Crippen LogP contribution in [0.5, 0.6) is 0 Å². The molecule has 16 heteroatoms. The van der Waals surface area contributed by atoms with E-state index in [1.54, 1.807) is 0 Å². The highest BCUT2D eigenvalue weighted by atomic mass is 32.2. The van der Waals surface area contributed by atoms with Gasteiger partial charge in [0.25, 0.3) is 15.6 Å². The predicted molar refractivity (Wildman–Crippen MR) is 86.2 cm³/mol. The van der Waals surface area contributed by atoms with Crippen LogP contribution in [0.2, 0.25) is 0 Å². The lowest BCUT2D eigenvalue weighted by Crippen LogP contribution is -2.53. The second kappa shape index (κ2) is 7.58. The molecule has 2 rings (SSSR count). The topological polar surface area (TPSA) is 75.4 Å². The van der Waals surface area contributed by atoms with Gasteiger partial charge in [0.2, 0.25) is 0 Å². The maximum absolute atomic E-state index is 13.0. The van der Waals surface area contributed by atoms with Gasteiger partial charge < -0.3 is 5.11 Å². The van der Waals surface area contributed by atoms with Crippen LogP contribution in [0.1, 0.15) is 5.56 Å². The third kappa shape index (κ3) is 4.73. The van der Waals surface area contributed by atoms with Crippen molar-refractivity contribution in [3.63, 3.8) is 0 Å². The molecule has 31 heavy (non-hydrogen) atoms. The van der Waals surface area contributed by atoms with Crippen molar-refractivity contribution in [3.8, 4) is 0 Å². The van der Waals surface area contributed by atoms with Crippen molar-refractivity contribution >= 4 is 15.7 Å². The van der Waals surface area contributed by atoms with E-state index < -0.39 is 57.0 Å². The summed E-state index contributed by atoms with van der Waals surface area (Å²) in [5.41, 5.74) is -8.00. The lowest BCUT2D eigenvalue weighted by atomic mass is 9.92. The number of aliphatic hydroxyl groups is 1. The Bertz CT molecular complexity index is 1010. The smallest absolute Gasteiger partial charge is 0.369 e. The summed E-state index contributed by atoms with van der Waals surface area (Å²) in [7, 11) is -3.74. The molecule has 0 radical (unpaired) electrons. The van der Waals surface area contributed by atoms with Crippen LogP contribution in [-0.4, -0.2) is 48.4 Å². The molecule has 0 aliphatic rings. The summed E-state index contributed by atoms with van der Waals surface area (Å²) in [6.45, 7) is -2.14. The highest BCUT2D eigenvalue weighted by Crippen LogP contribution is 2.50. The molecule has 0 fully saturated rings. The fourth-order valence-corrected chi connectivity index (χ4v) is 3.89. The number of nitrogens with zero attached hydrogens (tertiary/aromatic N) is 3. The van der Waals surface area contributed by atoms with E-state index in [0.29, 0.717) is 0 Å². The molecule has 1 heterocycles. The van der Waals surface area contributed by atoms with Gasteiger partial charge in [-0.25, -0.2) is 0 Å². The van der Waals surface area contributed by atoms with Crippen molar-refractivity contribution in [1.82, 2.24) is 9.78 Å². The van der Waals surface area contributed by atoms with Gasteiger partial charge in [-0.15, -0.1) is 0 Å². The minimum Gasteiger partial charge on any atom is -0.369 e. The van der Waals surface area contributed by atoms with Gasteiger partial charge in [-0.3, -0.25) is 8.99 Å². The van der Waals surface area contributed by atoms with Crippen LogP contribution in [0.15, 0.2) is 41.6 Å².